The molecule has 2 atom stereocenters. The van der Waals surface area contributed by atoms with Crippen LogP contribution in [0.4, 0.5) is 5.13 Å². The van der Waals surface area contributed by atoms with Crippen LogP contribution in [0.3, 0.4) is 0 Å². The smallest absolute Gasteiger partial charge is 0.273 e. The molecule has 0 saturated carbocycles. The maximum atomic E-state index is 12.7. The van der Waals surface area contributed by atoms with Crippen molar-refractivity contribution in [3.8, 4) is 0 Å². The molecule has 2 aliphatic heterocycles. The number of hydrogen-bond donors (Lipinski definition) is 2. The molecule has 2 saturated heterocycles. The minimum Gasteiger partial charge on any atom is -0.365 e. The van der Waals surface area contributed by atoms with Gasteiger partial charge in [-0.25, -0.2) is 4.98 Å². The molecule has 2 N–H and O–H groups in total. The highest BCUT2D eigenvalue weighted by atomic mass is 32.1. The van der Waals surface area contributed by atoms with E-state index in [1.165, 1.54) is 11.3 Å². The molecule has 1 aromatic rings. The van der Waals surface area contributed by atoms with Crippen molar-refractivity contribution < 1.29 is 9.59 Å². The van der Waals surface area contributed by atoms with Crippen molar-refractivity contribution >= 4 is 28.3 Å². The van der Waals surface area contributed by atoms with Gasteiger partial charge in [0.05, 0.1) is 0 Å². The first-order valence-electron chi connectivity index (χ1n) is 8.50. The minimum atomic E-state index is 0.00451. The molecule has 3 rings (SSSR count). The lowest BCUT2D eigenvalue weighted by molar-refractivity contribution is -0.140. The molecule has 0 spiro atoms. The Hall–Kier alpha value is -1.67. The molecule has 2 amide bonds. The first-order chi connectivity index (χ1) is 11.6. The van der Waals surface area contributed by atoms with Gasteiger partial charge in [-0.15, -0.1) is 11.3 Å². The number of carbonyl (C=O) groups excluding carboxylic acids is 2. The molecule has 0 unspecified atom stereocenters. The van der Waals surface area contributed by atoms with E-state index in [1.807, 2.05) is 22.2 Å². The van der Waals surface area contributed by atoms with E-state index in [0.29, 0.717) is 24.6 Å². The zero-order chi connectivity index (χ0) is 17.1. The Morgan fingerprint density at radius 2 is 2.25 bits per heavy atom. The van der Waals surface area contributed by atoms with Crippen molar-refractivity contribution in [1.82, 2.24) is 20.1 Å². The summed E-state index contributed by atoms with van der Waals surface area (Å²) in [5.41, 5.74) is 0.515. The lowest BCUT2D eigenvalue weighted by Gasteiger charge is -2.47. The molecule has 0 aromatic carbocycles. The van der Waals surface area contributed by atoms with E-state index in [9.17, 15) is 9.59 Å². The summed E-state index contributed by atoms with van der Waals surface area (Å²) < 4.78 is 0. The van der Waals surface area contributed by atoms with Crippen molar-refractivity contribution in [1.29, 1.82) is 0 Å². The van der Waals surface area contributed by atoms with E-state index in [2.05, 4.69) is 15.6 Å². The number of fused-ring (bicyclic) bond motifs is 1. The third kappa shape index (κ3) is 3.39. The molecular formula is C16H25N5O2S. The summed E-state index contributed by atoms with van der Waals surface area (Å²) in [6.45, 7) is 2.97. The summed E-state index contributed by atoms with van der Waals surface area (Å²) in [5.74, 6) is 0.633. The fraction of sp³-hybridized carbons (Fsp3) is 0.688. The number of hydrogen-bond acceptors (Lipinski definition) is 6. The van der Waals surface area contributed by atoms with E-state index in [1.54, 1.807) is 7.05 Å². The average Bonchev–Trinajstić information content (AvgIpc) is 3.09. The van der Waals surface area contributed by atoms with Gasteiger partial charge in [-0.2, -0.15) is 0 Å². The summed E-state index contributed by atoms with van der Waals surface area (Å²) in [6.07, 6.45) is 2.32. The fourth-order valence-electron chi connectivity index (χ4n) is 3.71. The maximum Gasteiger partial charge on any atom is 0.273 e. The SMILES string of the molecule is CNCCN1C(=O)CC[C@H]2CN(C(=O)c3csc(NC)n3)CC[C@H]21. The minimum absolute atomic E-state index is 0.00451. The highest BCUT2D eigenvalue weighted by Gasteiger charge is 2.40. The number of aromatic nitrogens is 1. The molecular weight excluding hydrogens is 326 g/mol. The summed E-state index contributed by atoms with van der Waals surface area (Å²) in [4.78, 5) is 33.1. The Morgan fingerprint density at radius 3 is 2.96 bits per heavy atom. The molecule has 24 heavy (non-hydrogen) atoms. The monoisotopic (exact) mass is 351 g/mol. The second-order valence-corrected chi connectivity index (χ2v) is 7.24. The van der Waals surface area contributed by atoms with Crippen molar-refractivity contribution in [3.63, 3.8) is 0 Å². The molecule has 0 aliphatic carbocycles. The number of rotatable bonds is 5. The summed E-state index contributed by atoms with van der Waals surface area (Å²) in [7, 11) is 3.71. The highest BCUT2D eigenvalue weighted by Crippen LogP contribution is 2.31. The van der Waals surface area contributed by atoms with Crippen LogP contribution in [0.15, 0.2) is 5.38 Å². The van der Waals surface area contributed by atoms with Gasteiger partial charge < -0.3 is 20.4 Å². The van der Waals surface area contributed by atoms with E-state index in [4.69, 9.17) is 0 Å². The molecule has 0 radical (unpaired) electrons. The summed E-state index contributed by atoms with van der Waals surface area (Å²) in [5, 5.41) is 8.65. The molecule has 0 bridgehead atoms. The van der Waals surface area contributed by atoms with E-state index >= 15 is 0 Å². The van der Waals surface area contributed by atoms with Crippen molar-refractivity contribution in [2.24, 2.45) is 5.92 Å². The quantitative estimate of drug-likeness (QED) is 0.823. The number of likely N-dealkylation sites (N-methyl/N-ethyl adjacent to an activating group) is 1. The first-order valence-corrected chi connectivity index (χ1v) is 9.38. The van der Waals surface area contributed by atoms with Crippen LogP contribution in [0.25, 0.3) is 0 Å². The number of nitrogens with zero attached hydrogens (tertiary/aromatic N) is 3. The largest absolute Gasteiger partial charge is 0.365 e. The second-order valence-electron chi connectivity index (χ2n) is 6.38. The van der Waals surface area contributed by atoms with E-state index in [-0.39, 0.29) is 17.9 Å². The van der Waals surface area contributed by atoms with Gasteiger partial charge in [0.25, 0.3) is 5.91 Å². The third-order valence-electron chi connectivity index (χ3n) is 4.97. The number of nitrogens with one attached hydrogen (secondary N) is 2. The first kappa shape index (κ1) is 17.2. The Morgan fingerprint density at radius 1 is 1.42 bits per heavy atom. The Balaban J connectivity index is 1.66. The molecule has 132 valence electrons. The normalized spacial score (nSPS) is 24.0. The number of carbonyl (C=O) groups is 2. The fourth-order valence-corrected chi connectivity index (χ4v) is 4.35. The zero-order valence-electron chi connectivity index (χ0n) is 14.2. The van der Waals surface area contributed by atoms with Crippen LogP contribution in [0.1, 0.15) is 29.8 Å². The number of piperidine rings is 2. The van der Waals surface area contributed by atoms with E-state index in [0.717, 1.165) is 37.6 Å². The molecule has 2 aliphatic rings. The lowest BCUT2D eigenvalue weighted by atomic mass is 9.83. The number of thiazole rings is 1. The molecule has 2 fully saturated rings. The standard InChI is InChI=1S/C16H25N5O2S/c1-17-6-8-21-13-5-7-20(9-11(13)3-4-14(21)22)15(23)12-10-24-16(18-2)19-12/h10-11,13,17H,3-9H2,1-2H3,(H,18,19)/t11-,13+/m0/s1. The number of anilines is 1. The summed E-state index contributed by atoms with van der Waals surface area (Å²) in [6, 6.07) is 0.270. The second kappa shape index (κ2) is 7.48. The predicted molar refractivity (Wildman–Crippen MR) is 94.3 cm³/mol. The van der Waals surface area contributed by atoms with Gasteiger partial charge >= 0.3 is 0 Å². The van der Waals surface area contributed by atoms with Crippen molar-refractivity contribution in [2.75, 3.05) is 45.6 Å². The van der Waals surface area contributed by atoms with Crippen LogP contribution in [-0.4, -0.2) is 72.9 Å². The predicted octanol–water partition coefficient (Wildman–Crippen LogP) is 0.857. The van der Waals surface area contributed by atoms with Crippen LogP contribution in [0, 0.1) is 5.92 Å². The molecule has 7 nitrogen and oxygen atoms in total. The van der Waals surface area contributed by atoms with Crippen molar-refractivity contribution in [2.45, 2.75) is 25.3 Å². The topological polar surface area (TPSA) is 77.6 Å². The van der Waals surface area contributed by atoms with Gasteiger partial charge in [0.1, 0.15) is 5.69 Å². The third-order valence-corrected chi connectivity index (χ3v) is 5.83. The van der Waals surface area contributed by atoms with Gasteiger partial charge in [0.2, 0.25) is 5.91 Å². The maximum absolute atomic E-state index is 12.7. The molecule has 1 aromatic heterocycles. The zero-order valence-corrected chi connectivity index (χ0v) is 15.1. The van der Waals surface area contributed by atoms with Gasteiger partial charge in [-0.3, -0.25) is 9.59 Å². The molecule has 8 heteroatoms. The number of amides is 2. The van der Waals surface area contributed by atoms with Crippen LogP contribution in [0.5, 0.6) is 0 Å². The Kier molecular flexibility index (Phi) is 5.35. The van der Waals surface area contributed by atoms with Crippen LogP contribution >= 0.6 is 11.3 Å². The summed E-state index contributed by atoms with van der Waals surface area (Å²) >= 11 is 1.44. The highest BCUT2D eigenvalue weighted by molar-refractivity contribution is 7.13. The van der Waals surface area contributed by atoms with Gasteiger partial charge in [0.15, 0.2) is 5.13 Å². The van der Waals surface area contributed by atoms with Gasteiger partial charge in [-0.05, 0) is 25.8 Å². The van der Waals surface area contributed by atoms with Crippen molar-refractivity contribution in [3.05, 3.63) is 11.1 Å². The van der Waals surface area contributed by atoms with E-state index < -0.39 is 0 Å². The average molecular weight is 351 g/mol. The van der Waals surface area contributed by atoms with Crippen LogP contribution in [0.2, 0.25) is 0 Å². The Labute approximate surface area is 146 Å². The van der Waals surface area contributed by atoms with Gasteiger partial charge in [0, 0.05) is 51.1 Å². The molecule has 3 heterocycles. The Bertz CT molecular complexity index is 605. The van der Waals surface area contributed by atoms with Crippen LogP contribution < -0.4 is 10.6 Å². The number of likely N-dealkylation sites (tertiary alicyclic amines) is 2. The lowest BCUT2D eigenvalue weighted by Crippen LogP contribution is -2.57. The van der Waals surface area contributed by atoms with Gasteiger partial charge in [-0.1, -0.05) is 0 Å². The van der Waals surface area contributed by atoms with Crippen LogP contribution in [-0.2, 0) is 4.79 Å².